The van der Waals surface area contributed by atoms with Gasteiger partial charge in [-0.3, -0.25) is 0 Å². The first-order valence-corrected chi connectivity index (χ1v) is 7.28. The predicted molar refractivity (Wildman–Crippen MR) is 84.9 cm³/mol. The number of aromatic nitrogens is 3. The van der Waals surface area contributed by atoms with Crippen LogP contribution in [0.25, 0.3) is 11.2 Å². The molecular formula is C12H15Cl2N7. The van der Waals surface area contributed by atoms with Crippen molar-refractivity contribution in [1.82, 2.24) is 19.9 Å². The van der Waals surface area contributed by atoms with Gasteiger partial charge in [-0.25, -0.2) is 20.8 Å². The van der Waals surface area contributed by atoms with E-state index in [1.54, 1.807) is 6.07 Å². The molecule has 21 heavy (non-hydrogen) atoms. The van der Waals surface area contributed by atoms with E-state index in [0.717, 1.165) is 26.2 Å². The molecule has 0 spiro atoms. The van der Waals surface area contributed by atoms with Crippen molar-refractivity contribution in [1.29, 1.82) is 0 Å². The number of rotatable bonds is 2. The Kier molecular flexibility index (Phi) is 3.99. The molecule has 9 heteroatoms. The number of anilines is 2. The highest BCUT2D eigenvalue weighted by molar-refractivity contribution is 6.41. The molecule has 0 saturated carbocycles. The van der Waals surface area contributed by atoms with Crippen LogP contribution in [0.15, 0.2) is 6.07 Å². The molecule has 112 valence electrons. The number of halogens is 2. The number of nitrogens with one attached hydrogen (secondary N) is 1. The zero-order chi connectivity index (χ0) is 15.0. The van der Waals surface area contributed by atoms with E-state index in [0.29, 0.717) is 27.8 Å². The van der Waals surface area contributed by atoms with Gasteiger partial charge in [0, 0.05) is 26.2 Å². The monoisotopic (exact) mass is 327 g/mol. The second kappa shape index (κ2) is 5.76. The van der Waals surface area contributed by atoms with E-state index in [-0.39, 0.29) is 5.15 Å². The summed E-state index contributed by atoms with van der Waals surface area (Å²) in [7, 11) is 2.09. The number of nitrogen functional groups attached to an aromatic ring is 1. The highest BCUT2D eigenvalue weighted by Crippen LogP contribution is 2.28. The van der Waals surface area contributed by atoms with Crippen molar-refractivity contribution in [2.45, 2.75) is 0 Å². The zero-order valence-electron chi connectivity index (χ0n) is 11.5. The fourth-order valence-corrected chi connectivity index (χ4v) is 2.55. The van der Waals surface area contributed by atoms with Crippen molar-refractivity contribution < 1.29 is 0 Å². The summed E-state index contributed by atoms with van der Waals surface area (Å²) in [4.78, 5) is 17.5. The maximum Gasteiger partial charge on any atom is 0.184 e. The lowest BCUT2D eigenvalue weighted by Gasteiger charge is -2.33. The Morgan fingerprint density at radius 2 is 1.86 bits per heavy atom. The molecule has 3 N–H and O–H groups in total. The number of hydrogen-bond donors (Lipinski definition) is 2. The van der Waals surface area contributed by atoms with Crippen LogP contribution in [-0.4, -0.2) is 53.1 Å². The molecule has 1 aliphatic rings. The fourth-order valence-electron chi connectivity index (χ4n) is 2.27. The molecule has 0 radical (unpaired) electrons. The molecule has 1 fully saturated rings. The molecule has 0 unspecified atom stereocenters. The summed E-state index contributed by atoms with van der Waals surface area (Å²) in [5, 5.41) is 0.560. The molecule has 0 aromatic carbocycles. The SMILES string of the molecule is CN1CCN(c2nc3nc(Cl)c(Cl)cc3nc2NN)CC1. The van der Waals surface area contributed by atoms with E-state index >= 15 is 0 Å². The first-order chi connectivity index (χ1) is 10.1. The minimum absolute atomic E-state index is 0.219. The van der Waals surface area contributed by atoms with Crippen LogP contribution < -0.4 is 16.2 Å². The number of likely N-dealkylation sites (N-methyl/N-ethyl adjacent to an activating group) is 1. The lowest BCUT2D eigenvalue weighted by atomic mass is 10.3. The van der Waals surface area contributed by atoms with Crippen molar-refractivity contribution in [3.05, 3.63) is 16.2 Å². The van der Waals surface area contributed by atoms with Crippen LogP contribution in [0, 0.1) is 0 Å². The van der Waals surface area contributed by atoms with E-state index in [2.05, 4.69) is 37.2 Å². The Hall–Kier alpha value is -1.41. The average Bonchev–Trinajstić information content (AvgIpc) is 2.48. The average molecular weight is 328 g/mol. The zero-order valence-corrected chi connectivity index (χ0v) is 13.0. The summed E-state index contributed by atoms with van der Waals surface area (Å²) < 4.78 is 0. The van der Waals surface area contributed by atoms with Gasteiger partial charge in [0.1, 0.15) is 10.7 Å². The fraction of sp³-hybridized carbons (Fsp3) is 0.417. The molecule has 0 atom stereocenters. The Morgan fingerprint density at radius 1 is 1.14 bits per heavy atom. The number of fused-ring (bicyclic) bond motifs is 1. The summed E-state index contributed by atoms with van der Waals surface area (Å²) in [6.45, 7) is 3.62. The van der Waals surface area contributed by atoms with Gasteiger partial charge in [-0.15, -0.1) is 0 Å². The number of hydrogen-bond acceptors (Lipinski definition) is 7. The molecular weight excluding hydrogens is 313 g/mol. The van der Waals surface area contributed by atoms with E-state index in [1.165, 1.54) is 0 Å². The van der Waals surface area contributed by atoms with Crippen LogP contribution in [0.4, 0.5) is 11.6 Å². The standard InChI is InChI=1S/C12H15Cl2N7/c1-20-2-4-21(5-3-20)12-11(19-15)16-8-6-7(13)9(14)17-10(8)18-12/h6H,2-5,15H2,1H3,(H,16,19). The first-order valence-electron chi connectivity index (χ1n) is 6.52. The number of pyridine rings is 1. The molecule has 1 saturated heterocycles. The molecule has 0 aliphatic carbocycles. The van der Waals surface area contributed by atoms with E-state index in [9.17, 15) is 0 Å². The Balaban J connectivity index is 2.06. The highest BCUT2D eigenvalue weighted by atomic mass is 35.5. The second-order valence-corrected chi connectivity index (χ2v) is 5.70. The van der Waals surface area contributed by atoms with Gasteiger partial charge in [-0.1, -0.05) is 23.2 Å². The molecule has 3 rings (SSSR count). The van der Waals surface area contributed by atoms with Crippen molar-refractivity contribution in [2.75, 3.05) is 43.6 Å². The summed E-state index contributed by atoms with van der Waals surface area (Å²) in [5.41, 5.74) is 3.60. The third-order valence-electron chi connectivity index (χ3n) is 3.49. The number of hydrazine groups is 1. The van der Waals surface area contributed by atoms with Crippen molar-refractivity contribution in [2.24, 2.45) is 5.84 Å². The van der Waals surface area contributed by atoms with Crippen LogP contribution in [0.2, 0.25) is 10.2 Å². The van der Waals surface area contributed by atoms with Crippen LogP contribution >= 0.6 is 23.2 Å². The molecule has 2 aromatic rings. The van der Waals surface area contributed by atoms with Gasteiger partial charge >= 0.3 is 0 Å². The largest absolute Gasteiger partial charge is 0.351 e. The Morgan fingerprint density at radius 3 is 2.52 bits per heavy atom. The number of piperazine rings is 1. The number of nitrogens with two attached hydrogens (primary N) is 1. The van der Waals surface area contributed by atoms with Gasteiger partial charge in [0.15, 0.2) is 17.3 Å². The maximum absolute atomic E-state index is 5.96. The minimum Gasteiger partial charge on any atom is -0.351 e. The highest BCUT2D eigenvalue weighted by Gasteiger charge is 2.20. The van der Waals surface area contributed by atoms with Crippen LogP contribution in [0.5, 0.6) is 0 Å². The van der Waals surface area contributed by atoms with Gasteiger partial charge < -0.3 is 15.2 Å². The van der Waals surface area contributed by atoms with Crippen molar-refractivity contribution in [3.8, 4) is 0 Å². The lowest BCUT2D eigenvalue weighted by Crippen LogP contribution is -2.45. The van der Waals surface area contributed by atoms with E-state index in [1.807, 2.05) is 0 Å². The summed E-state index contributed by atoms with van der Waals surface area (Å²) in [6.07, 6.45) is 0. The maximum atomic E-state index is 5.96. The van der Waals surface area contributed by atoms with Gasteiger partial charge in [0.05, 0.1) is 5.02 Å². The predicted octanol–water partition coefficient (Wildman–Crippen LogP) is 1.37. The molecule has 3 heterocycles. The molecule has 0 amide bonds. The van der Waals surface area contributed by atoms with Crippen molar-refractivity contribution in [3.63, 3.8) is 0 Å². The van der Waals surface area contributed by atoms with Crippen molar-refractivity contribution >= 4 is 46.0 Å². The minimum atomic E-state index is 0.219. The van der Waals surface area contributed by atoms with Gasteiger partial charge in [-0.2, -0.15) is 0 Å². The normalized spacial score (nSPS) is 16.5. The second-order valence-electron chi connectivity index (χ2n) is 4.93. The van der Waals surface area contributed by atoms with Gasteiger partial charge in [0.25, 0.3) is 0 Å². The van der Waals surface area contributed by atoms with Gasteiger partial charge in [-0.05, 0) is 13.1 Å². The van der Waals surface area contributed by atoms with Crippen LogP contribution in [0.3, 0.4) is 0 Å². The number of nitrogens with zero attached hydrogens (tertiary/aromatic N) is 5. The lowest BCUT2D eigenvalue weighted by molar-refractivity contribution is 0.312. The molecule has 2 aromatic heterocycles. The quantitative estimate of drug-likeness (QED) is 0.489. The Labute approximate surface area is 132 Å². The first kappa shape index (κ1) is 14.5. The third-order valence-corrected chi connectivity index (χ3v) is 4.16. The van der Waals surface area contributed by atoms with E-state index in [4.69, 9.17) is 29.0 Å². The summed E-state index contributed by atoms with van der Waals surface area (Å²) in [6, 6.07) is 1.63. The van der Waals surface area contributed by atoms with E-state index < -0.39 is 0 Å². The topological polar surface area (TPSA) is 83.2 Å². The molecule has 7 nitrogen and oxygen atoms in total. The summed E-state index contributed by atoms with van der Waals surface area (Å²) >= 11 is 11.9. The van der Waals surface area contributed by atoms with Gasteiger partial charge in [0.2, 0.25) is 0 Å². The van der Waals surface area contributed by atoms with Crippen LogP contribution in [-0.2, 0) is 0 Å². The molecule has 0 bridgehead atoms. The Bertz CT molecular complexity index is 670. The summed E-state index contributed by atoms with van der Waals surface area (Å²) in [5.74, 6) is 6.77. The molecule has 1 aliphatic heterocycles. The smallest absolute Gasteiger partial charge is 0.184 e. The van der Waals surface area contributed by atoms with Crippen LogP contribution in [0.1, 0.15) is 0 Å². The third kappa shape index (κ3) is 2.82.